The second-order valence-electron chi connectivity index (χ2n) is 4.72. The maximum atomic E-state index is 12.4. The Balaban J connectivity index is 2.16. The van der Waals surface area contributed by atoms with Gasteiger partial charge in [0.1, 0.15) is 5.82 Å². The topological polar surface area (TPSA) is 102 Å². The molecule has 0 aromatic carbocycles. The summed E-state index contributed by atoms with van der Waals surface area (Å²) in [4.78, 5) is 22.5. The molecular formula is C12H13N3O4S. The standard InChI is InChI=1S/C12H13N3O4S/c1-7-14-10-5-13-11(4-9(10)12(16)15-7)20(17,18)8-2-3-19-6-8/h4-5,8H,2-3,6H2,1H3,(H,14,15,16). The highest BCUT2D eigenvalue weighted by Gasteiger charge is 2.32. The lowest BCUT2D eigenvalue weighted by Gasteiger charge is -2.09. The molecule has 1 saturated heterocycles. The van der Waals surface area contributed by atoms with Crippen molar-refractivity contribution < 1.29 is 13.2 Å². The lowest BCUT2D eigenvalue weighted by molar-refractivity contribution is 0.198. The molecule has 1 unspecified atom stereocenters. The van der Waals surface area contributed by atoms with Gasteiger partial charge >= 0.3 is 0 Å². The smallest absolute Gasteiger partial charge is 0.258 e. The number of pyridine rings is 1. The van der Waals surface area contributed by atoms with Gasteiger partial charge in [0, 0.05) is 6.61 Å². The van der Waals surface area contributed by atoms with Gasteiger partial charge in [0.25, 0.3) is 5.56 Å². The Morgan fingerprint density at radius 2 is 2.25 bits per heavy atom. The summed E-state index contributed by atoms with van der Waals surface area (Å²) in [6.45, 7) is 2.25. The number of nitrogens with one attached hydrogen (secondary N) is 1. The molecular weight excluding hydrogens is 282 g/mol. The molecule has 2 aromatic rings. The minimum atomic E-state index is -3.57. The zero-order chi connectivity index (χ0) is 14.3. The van der Waals surface area contributed by atoms with Gasteiger partial charge in [-0.2, -0.15) is 0 Å². The minimum Gasteiger partial charge on any atom is -0.380 e. The van der Waals surface area contributed by atoms with Gasteiger partial charge in [-0.05, 0) is 19.4 Å². The van der Waals surface area contributed by atoms with Crippen LogP contribution in [-0.4, -0.2) is 41.8 Å². The molecule has 0 spiro atoms. The summed E-state index contributed by atoms with van der Waals surface area (Å²) < 4.78 is 29.9. The van der Waals surface area contributed by atoms with Gasteiger partial charge < -0.3 is 9.72 Å². The third-order valence-electron chi connectivity index (χ3n) is 3.30. The summed E-state index contributed by atoms with van der Waals surface area (Å²) in [5.74, 6) is 0.462. The van der Waals surface area contributed by atoms with Crippen LogP contribution in [0.5, 0.6) is 0 Å². The van der Waals surface area contributed by atoms with Crippen LogP contribution in [0.4, 0.5) is 0 Å². The number of hydrogen-bond donors (Lipinski definition) is 1. The summed E-state index contributed by atoms with van der Waals surface area (Å²) in [7, 11) is -3.57. The Morgan fingerprint density at radius 3 is 2.95 bits per heavy atom. The molecule has 1 fully saturated rings. The van der Waals surface area contributed by atoms with Crippen molar-refractivity contribution in [3.8, 4) is 0 Å². The molecule has 8 heteroatoms. The number of nitrogens with zero attached hydrogens (tertiary/aromatic N) is 2. The molecule has 3 heterocycles. The molecule has 0 bridgehead atoms. The normalized spacial score (nSPS) is 19.6. The lowest BCUT2D eigenvalue weighted by Crippen LogP contribution is -2.23. The fourth-order valence-electron chi connectivity index (χ4n) is 2.22. The molecule has 0 saturated carbocycles. The number of H-pyrrole nitrogens is 1. The third kappa shape index (κ3) is 2.10. The Hall–Kier alpha value is -1.80. The van der Waals surface area contributed by atoms with Gasteiger partial charge in [0.2, 0.25) is 9.84 Å². The van der Waals surface area contributed by atoms with Gasteiger partial charge in [-0.15, -0.1) is 0 Å². The first-order chi connectivity index (χ1) is 9.48. The molecule has 7 nitrogen and oxygen atoms in total. The van der Waals surface area contributed by atoms with E-state index in [4.69, 9.17) is 4.74 Å². The number of rotatable bonds is 2. The van der Waals surface area contributed by atoms with Crippen LogP contribution in [0.3, 0.4) is 0 Å². The molecule has 20 heavy (non-hydrogen) atoms. The summed E-state index contributed by atoms with van der Waals surface area (Å²) in [5.41, 5.74) is 0.0156. The van der Waals surface area contributed by atoms with Crippen LogP contribution in [-0.2, 0) is 14.6 Å². The van der Waals surface area contributed by atoms with Crippen LogP contribution < -0.4 is 5.56 Å². The number of sulfone groups is 1. The second kappa shape index (κ2) is 4.64. The first-order valence-corrected chi connectivity index (χ1v) is 7.71. The average molecular weight is 295 g/mol. The fraction of sp³-hybridized carbons (Fsp3) is 0.417. The van der Waals surface area contributed by atoms with Crippen molar-refractivity contribution in [2.24, 2.45) is 0 Å². The third-order valence-corrected chi connectivity index (χ3v) is 5.36. The highest BCUT2D eigenvalue weighted by molar-refractivity contribution is 7.92. The predicted molar refractivity (Wildman–Crippen MR) is 71.3 cm³/mol. The van der Waals surface area contributed by atoms with Crippen LogP contribution in [0.2, 0.25) is 0 Å². The van der Waals surface area contributed by atoms with Crippen molar-refractivity contribution in [2.45, 2.75) is 23.6 Å². The van der Waals surface area contributed by atoms with E-state index in [2.05, 4.69) is 15.0 Å². The number of aromatic amines is 1. The van der Waals surface area contributed by atoms with Crippen molar-refractivity contribution >= 4 is 20.7 Å². The van der Waals surface area contributed by atoms with Crippen molar-refractivity contribution in [2.75, 3.05) is 13.2 Å². The van der Waals surface area contributed by atoms with E-state index in [-0.39, 0.29) is 22.6 Å². The van der Waals surface area contributed by atoms with E-state index >= 15 is 0 Å². The number of hydrogen-bond acceptors (Lipinski definition) is 6. The van der Waals surface area contributed by atoms with Crippen LogP contribution in [0.25, 0.3) is 10.9 Å². The van der Waals surface area contributed by atoms with Crippen LogP contribution in [0, 0.1) is 6.92 Å². The summed E-state index contributed by atoms with van der Waals surface area (Å²) in [6, 6.07) is 1.29. The Labute approximate surface area is 114 Å². The highest BCUT2D eigenvalue weighted by atomic mass is 32.2. The quantitative estimate of drug-likeness (QED) is 0.848. The van der Waals surface area contributed by atoms with E-state index < -0.39 is 15.1 Å². The maximum Gasteiger partial charge on any atom is 0.258 e. The van der Waals surface area contributed by atoms with E-state index in [1.54, 1.807) is 6.92 Å². The van der Waals surface area contributed by atoms with Gasteiger partial charge in [0.15, 0.2) is 5.03 Å². The van der Waals surface area contributed by atoms with E-state index in [0.29, 0.717) is 24.4 Å². The Morgan fingerprint density at radius 1 is 1.45 bits per heavy atom. The highest BCUT2D eigenvalue weighted by Crippen LogP contribution is 2.22. The van der Waals surface area contributed by atoms with Gasteiger partial charge in [-0.3, -0.25) is 4.79 Å². The van der Waals surface area contributed by atoms with Crippen molar-refractivity contribution in [3.05, 3.63) is 28.4 Å². The van der Waals surface area contributed by atoms with E-state index in [9.17, 15) is 13.2 Å². The zero-order valence-electron chi connectivity index (χ0n) is 10.8. The van der Waals surface area contributed by atoms with Gasteiger partial charge in [0.05, 0.1) is 29.0 Å². The molecule has 0 radical (unpaired) electrons. The molecule has 1 aliphatic heterocycles. The monoisotopic (exact) mass is 295 g/mol. The predicted octanol–water partition coefficient (Wildman–Crippen LogP) is 0.189. The Kier molecular flexibility index (Phi) is 3.06. The van der Waals surface area contributed by atoms with Crippen LogP contribution in [0.15, 0.2) is 22.1 Å². The van der Waals surface area contributed by atoms with E-state index in [1.165, 1.54) is 12.3 Å². The summed E-state index contributed by atoms with van der Waals surface area (Å²) in [5, 5.41) is -0.468. The molecule has 1 N–H and O–H groups in total. The second-order valence-corrected chi connectivity index (χ2v) is 6.90. The average Bonchev–Trinajstić information content (AvgIpc) is 2.92. The summed E-state index contributed by atoms with van der Waals surface area (Å²) in [6.07, 6.45) is 1.77. The number of fused-ring (bicyclic) bond motifs is 1. The molecule has 2 aromatic heterocycles. The first kappa shape index (κ1) is 13.2. The molecule has 1 aliphatic rings. The molecule has 0 aliphatic carbocycles. The fourth-order valence-corrected chi connectivity index (χ4v) is 3.73. The maximum absolute atomic E-state index is 12.4. The summed E-state index contributed by atoms with van der Waals surface area (Å²) >= 11 is 0. The van der Waals surface area contributed by atoms with Crippen LogP contribution in [0.1, 0.15) is 12.2 Å². The molecule has 1 atom stereocenters. The van der Waals surface area contributed by atoms with E-state index in [1.807, 2.05) is 0 Å². The minimum absolute atomic E-state index is 0.100. The molecule has 3 rings (SSSR count). The molecule has 0 amide bonds. The van der Waals surface area contributed by atoms with Crippen LogP contribution >= 0.6 is 0 Å². The first-order valence-electron chi connectivity index (χ1n) is 6.17. The SMILES string of the molecule is Cc1nc2cnc(S(=O)(=O)C3CCOC3)cc2c(=O)[nH]1. The van der Waals surface area contributed by atoms with Crippen molar-refractivity contribution in [1.29, 1.82) is 0 Å². The largest absolute Gasteiger partial charge is 0.380 e. The zero-order valence-corrected chi connectivity index (χ0v) is 11.6. The number of aromatic nitrogens is 3. The number of ether oxygens (including phenoxy) is 1. The number of aryl methyl sites for hydroxylation is 1. The lowest BCUT2D eigenvalue weighted by atomic mass is 10.3. The van der Waals surface area contributed by atoms with Crippen molar-refractivity contribution in [3.63, 3.8) is 0 Å². The van der Waals surface area contributed by atoms with Gasteiger partial charge in [-0.25, -0.2) is 18.4 Å². The Bertz CT molecular complexity index is 822. The van der Waals surface area contributed by atoms with Gasteiger partial charge in [-0.1, -0.05) is 0 Å². The molecule has 106 valence electrons. The van der Waals surface area contributed by atoms with Crippen molar-refractivity contribution in [1.82, 2.24) is 15.0 Å². The van der Waals surface area contributed by atoms with E-state index in [0.717, 1.165) is 0 Å².